The van der Waals surface area contributed by atoms with Crippen LogP contribution in [0.2, 0.25) is 15.1 Å². The number of benzene rings is 3. The molecule has 1 unspecified atom stereocenters. The molecule has 3 aromatic rings. The minimum atomic E-state index is -4.17. The van der Waals surface area contributed by atoms with Crippen molar-refractivity contribution in [2.24, 2.45) is 0 Å². The first-order valence-electron chi connectivity index (χ1n) is 11.2. The number of nitrogens with one attached hydrogen (secondary N) is 1. The minimum Gasteiger partial charge on any atom is -0.357 e. The lowest BCUT2D eigenvalue weighted by Crippen LogP contribution is -2.50. The van der Waals surface area contributed by atoms with Gasteiger partial charge in [0.05, 0.1) is 20.6 Å². The Balaban J connectivity index is 2.07. The summed E-state index contributed by atoms with van der Waals surface area (Å²) in [4.78, 5) is 27.6. The Hall–Kier alpha value is -2.78. The normalized spacial score (nSPS) is 12.1. The van der Waals surface area contributed by atoms with E-state index >= 15 is 0 Å². The first kappa shape index (κ1) is 28.8. The summed E-state index contributed by atoms with van der Waals surface area (Å²) in [7, 11) is -2.71. The molecule has 3 rings (SSSR count). The third kappa shape index (κ3) is 6.57. The van der Waals surface area contributed by atoms with Gasteiger partial charge < -0.3 is 10.2 Å². The van der Waals surface area contributed by atoms with Crippen LogP contribution < -0.4 is 9.62 Å². The molecule has 0 aliphatic carbocycles. The van der Waals surface area contributed by atoms with Gasteiger partial charge in [-0.15, -0.1) is 0 Å². The predicted octanol–water partition coefficient (Wildman–Crippen LogP) is 5.31. The summed E-state index contributed by atoms with van der Waals surface area (Å²) >= 11 is 18.5. The second-order valence-corrected chi connectivity index (χ2v) is 11.4. The van der Waals surface area contributed by atoms with E-state index in [2.05, 4.69) is 5.32 Å². The number of carbonyl (C=O) groups is 2. The largest absolute Gasteiger partial charge is 0.357 e. The van der Waals surface area contributed by atoms with Gasteiger partial charge in [-0.25, -0.2) is 8.42 Å². The van der Waals surface area contributed by atoms with Crippen molar-refractivity contribution in [2.75, 3.05) is 17.9 Å². The maximum Gasteiger partial charge on any atom is 0.264 e. The number of likely N-dealkylation sites (N-methyl/N-ethyl adjacent to an activating group) is 1. The van der Waals surface area contributed by atoms with Crippen LogP contribution in [0, 0.1) is 6.92 Å². The number of hydrogen-bond acceptors (Lipinski definition) is 4. The van der Waals surface area contributed by atoms with Crippen LogP contribution in [0.1, 0.15) is 18.1 Å². The van der Waals surface area contributed by atoms with Gasteiger partial charge in [0.1, 0.15) is 12.6 Å². The highest BCUT2D eigenvalue weighted by Gasteiger charge is 2.33. The SMILES string of the molecule is CNC(=O)C(C)N(Cc1ccc(Cl)c(Cl)c1)C(=O)CN(c1cccc(Cl)c1C)S(=O)(=O)c1ccccc1. The van der Waals surface area contributed by atoms with Crippen LogP contribution >= 0.6 is 34.8 Å². The third-order valence-corrected chi connectivity index (χ3v) is 8.79. The number of sulfonamides is 1. The van der Waals surface area contributed by atoms with E-state index in [0.29, 0.717) is 26.2 Å². The van der Waals surface area contributed by atoms with Crippen LogP contribution in [-0.4, -0.2) is 44.8 Å². The van der Waals surface area contributed by atoms with Gasteiger partial charge in [0.15, 0.2) is 0 Å². The average Bonchev–Trinajstić information content (AvgIpc) is 2.89. The fourth-order valence-corrected chi connectivity index (χ4v) is 5.71. The summed E-state index contributed by atoms with van der Waals surface area (Å²) in [5, 5.41) is 3.53. The lowest BCUT2D eigenvalue weighted by atomic mass is 10.1. The molecule has 0 saturated heterocycles. The van der Waals surface area contributed by atoms with Gasteiger partial charge in [0.25, 0.3) is 10.0 Å². The minimum absolute atomic E-state index is 0.00192. The molecular formula is C26H26Cl3N3O4S. The molecule has 0 aliphatic rings. The molecule has 2 amide bonds. The number of rotatable bonds is 9. The van der Waals surface area contributed by atoms with Crippen molar-refractivity contribution in [1.82, 2.24) is 10.2 Å². The molecule has 1 atom stereocenters. The standard InChI is InChI=1S/C26H26Cl3N3O4S/c1-17-21(27)10-7-11-24(17)32(37(35,36)20-8-5-4-6-9-20)16-25(33)31(18(2)26(34)30-3)15-19-12-13-22(28)23(29)14-19/h4-14,18H,15-16H2,1-3H3,(H,30,34). The molecule has 196 valence electrons. The van der Waals surface area contributed by atoms with Crippen LogP contribution in [0.4, 0.5) is 5.69 Å². The van der Waals surface area contributed by atoms with Gasteiger partial charge >= 0.3 is 0 Å². The zero-order valence-corrected chi connectivity index (χ0v) is 23.5. The molecule has 3 aromatic carbocycles. The summed E-state index contributed by atoms with van der Waals surface area (Å²) in [5.41, 5.74) is 1.37. The summed E-state index contributed by atoms with van der Waals surface area (Å²) in [5.74, 6) is -1.01. The van der Waals surface area contributed by atoms with E-state index in [4.69, 9.17) is 34.8 Å². The molecule has 0 bridgehead atoms. The maximum absolute atomic E-state index is 13.8. The Morgan fingerprint density at radius 3 is 2.22 bits per heavy atom. The van der Waals surface area contributed by atoms with Crippen LogP contribution in [0.3, 0.4) is 0 Å². The molecule has 7 nitrogen and oxygen atoms in total. The smallest absolute Gasteiger partial charge is 0.264 e. The molecule has 0 heterocycles. The van der Waals surface area contributed by atoms with Crippen molar-refractivity contribution in [1.29, 1.82) is 0 Å². The summed E-state index contributed by atoms with van der Waals surface area (Å²) in [6, 6.07) is 16.6. The monoisotopic (exact) mass is 581 g/mol. The van der Waals surface area contributed by atoms with Crippen molar-refractivity contribution in [3.63, 3.8) is 0 Å². The Bertz CT molecular complexity index is 1400. The van der Waals surface area contributed by atoms with E-state index in [1.807, 2.05) is 0 Å². The summed E-state index contributed by atoms with van der Waals surface area (Å²) in [6.45, 7) is 2.67. The average molecular weight is 583 g/mol. The Morgan fingerprint density at radius 2 is 1.59 bits per heavy atom. The van der Waals surface area contributed by atoms with Crippen molar-refractivity contribution in [3.05, 3.63) is 92.9 Å². The zero-order chi connectivity index (χ0) is 27.3. The van der Waals surface area contributed by atoms with Crippen LogP contribution in [-0.2, 0) is 26.2 Å². The van der Waals surface area contributed by atoms with Crippen LogP contribution in [0.5, 0.6) is 0 Å². The second-order valence-electron chi connectivity index (χ2n) is 8.27. The number of nitrogens with zero attached hydrogens (tertiary/aromatic N) is 2. The number of carbonyl (C=O) groups excluding carboxylic acids is 2. The van der Waals surface area contributed by atoms with E-state index < -0.39 is 34.4 Å². The van der Waals surface area contributed by atoms with E-state index in [-0.39, 0.29) is 17.1 Å². The Morgan fingerprint density at radius 1 is 0.919 bits per heavy atom. The van der Waals surface area contributed by atoms with Gasteiger partial charge in [-0.3, -0.25) is 13.9 Å². The Labute approximate surface area is 232 Å². The first-order valence-corrected chi connectivity index (χ1v) is 13.8. The second kappa shape index (κ2) is 12.2. The van der Waals surface area contributed by atoms with Gasteiger partial charge in [-0.2, -0.15) is 0 Å². The quantitative estimate of drug-likeness (QED) is 0.370. The van der Waals surface area contributed by atoms with Crippen molar-refractivity contribution < 1.29 is 18.0 Å². The number of halogens is 3. The lowest BCUT2D eigenvalue weighted by molar-refractivity contribution is -0.139. The van der Waals surface area contributed by atoms with Crippen molar-refractivity contribution in [3.8, 4) is 0 Å². The highest BCUT2D eigenvalue weighted by atomic mass is 35.5. The molecule has 0 radical (unpaired) electrons. The fourth-order valence-electron chi connectivity index (χ4n) is 3.73. The topological polar surface area (TPSA) is 86.8 Å². The predicted molar refractivity (Wildman–Crippen MR) is 148 cm³/mol. The highest BCUT2D eigenvalue weighted by Crippen LogP contribution is 2.31. The molecule has 0 fully saturated rings. The Kier molecular flexibility index (Phi) is 9.47. The third-order valence-electron chi connectivity index (χ3n) is 5.87. The maximum atomic E-state index is 13.8. The first-order chi connectivity index (χ1) is 17.5. The van der Waals surface area contributed by atoms with Crippen LogP contribution in [0.25, 0.3) is 0 Å². The molecule has 0 aliphatic heterocycles. The number of anilines is 1. The van der Waals surface area contributed by atoms with E-state index in [1.54, 1.807) is 68.4 Å². The van der Waals surface area contributed by atoms with Gasteiger partial charge in [0.2, 0.25) is 11.8 Å². The van der Waals surface area contributed by atoms with E-state index in [0.717, 1.165) is 4.31 Å². The zero-order valence-electron chi connectivity index (χ0n) is 20.4. The molecule has 0 saturated carbocycles. The fraction of sp³-hybridized carbons (Fsp3) is 0.231. The summed E-state index contributed by atoms with van der Waals surface area (Å²) < 4.78 is 28.5. The van der Waals surface area contributed by atoms with Gasteiger partial charge in [-0.1, -0.05) is 65.1 Å². The number of amides is 2. The molecule has 0 aromatic heterocycles. The number of hydrogen-bond donors (Lipinski definition) is 1. The molecule has 11 heteroatoms. The highest BCUT2D eigenvalue weighted by molar-refractivity contribution is 7.92. The lowest BCUT2D eigenvalue weighted by Gasteiger charge is -2.32. The molecule has 37 heavy (non-hydrogen) atoms. The van der Waals surface area contributed by atoms with E-state index in [9.17, 15) is 18.0 Å². The van der Waals surface area contributed by atoms with Crippen molar-refractivity contribution in [2.45, 2.75) is 31.3 Å². The van der Waals surface area contributed by atoms with Gasteiger partial charge in [-0.05, 0) is 61.4 Å². The molecular weight excluding hydrogens is 557 g/mol. The van der Waals surface area contributed by atoms with Crippen molar-refractivity contribution >= 4 is 62.3 Å². The molecule has 0 spiro atoms. The van der Waals surface area contributed by atoms with E-state index in [1.165, 1.54) is 24.1 Å². The molecule has 1 N–H and O–H groups in total. The van der Waals surface area contributed by atoms with Crippen LogP contribution in [0.15, 0.2) is 71.6 Å². The van der Waals surface area contributed by atoms with Gasteiger partial charge in [0, 0.05) is 18.6 Å². The summed E-state index contributed by atoms with van der Waals surface area (Å²) in [6.07, 6.45) is 0.